The number of carbonyl (C=O) groups is 1. The molecule has 0 spiro atoms. The van der Waals surface area contributed by atoms with Crippen molar-refractivity contribution in [3.8, 4) is 11.4 Å². The van der Waals surface area contributed by atoms with Gasteiger partial charge in [-0.3, -0.25) is 4.79 Å². The van der Waals surface area contributed by atoms with Crippen molar-refractivity contribution in [2.75, 3.05) is 0 Å². The highest BCUT2D eigenvalue weighted by molar-refractivity contribution is 7.90. The molecule has 7 rings (SSSR count). The third-order valence-electron chi connectivity index (χ3n) is 8.75. The van der Waals surface area contributed by atoms with Crippen LogP contribution in [0.3, 0.4) is 0 Å². The van der Waals surface area contributed by atoms with Crippen molar-refractivity contribution in [1.82, 2.24) is 18.9 Å². The predicted molar refractivity (Wildman–Crippen MR) is 148 cm³/mol. The lowest BCUT2D eigenvalue weighted by molar-refractivity contribution is -0.152. The fraction of sp³-hybridized carbons (Fsp3) is 0.400. The number of carboxylic acids is 1. The molecule has 39 heavy (non-hydrogen) atoms. The maximum Gasteiger partial charge on any atom is 0.307 e. The molecule has 8 nitrogen and oxygen atoms in total. The fourth-order valence-electron chi connectivity index (χ4n) is 6.66. The molecular weight excluding hydrogens is 512 g/mol. The number of carboxylic acid groups (broad SMARTS) is 1. The van der Waals surface area contributed by atoms with Gasteiger partial charge in [-0.1, -0.05) is 17.7 Å². The van der Waals surface area contributed by atoms with Gasteiger partial charge in [0.15, 0.2) is 11.5 Å². The number of hydrogen-bond acceptors (Lipinski definition) is 6. The van der Waals surface area contributed by atoms with Gasteiger partial charge in [0, 0.05) is 35.2 Å². The second-order valence-corrected chi connectivity index (χ2v) is 13.1. The minimum atomic E-state index is -3.91. The van der Waals surface area contributed by atoms with Gasteiger partial charge in [-0.05, 0) is 100.0 Å². The Hall–Kier alpha value is -3.59. The summed E-state index contributed by atoms with van der Waals surface area (Å²) in [4.78, 5) is 26.4. The van der Waals surface area contributed by atoms with Crippen LogP contribution >= 0.6 is 0 Å². The summed E-state index contributed by atoms with van der Waals surface area (Å²) in [5.41, 5.74) is 4.50. The van der Waals surface area contributed by atoms with E-state index >= 15 is 0 Å². The van der Waals surface area contributed by atoms with Gasteiger partial charge < -0.3 is 5.11 Å². The summed E-state index contributed by atoms with van der Waals surface area (Å²) in [7, 11) is -3.91. The molecular formula is C30H32N4O4S. The van der Waals surface area contributed by atoms with Crippen LogP contribution in [0.4, 0.5) is 0 Å². The van der Waals surface area contributed by atoms with Crippen LogP contribution in [-0.4, -0.2) is 38.4 Å². The summed E-state index contributed by atoms with van der Waals surface area (Å²) >= 11 is 0. The number of benzene rings is 1. The number of aryl methyl sites for hydroxylation is 3. The highest BCUT2D eigenvalue weighted by Crippen LogP contribution is 2.50. The van der Waals surface area contributed by atoms with Crippen molar-refractivity contribution >= 4 is 27.0 Å². The molecule has 1 aromatic carbocycles. The van der Waals surface area contributed by atoms with Gasteiger partial charge in [-0.25, -0.2) is 27.3 Å². The van der Waals surface area contributed by atoms with Crippen LogP contribution in [0.25, 0.3) is 22.4 Å². The average molecular weight is 545 g/mol. The molecule has 1 N–H and O–H groups in total. The topological polar surface area (TPSA) is 115 Å². The Labute approximate surface area is 228 Å². The highest BCUT2D eigenvalue weighted by Gasteiger charge is 2.47. The highest BCUT2D eigenvalue weighted by atomic mass is 32.2. The van der Waals surface area contributed by atoms with E-state index in [4.69, 9.17) is 4.98 Å². The Morgan fingerprint density at radius 2 is 1.67 bits per heavy atom. The van der Waals surface area contributed by atoms with E-state index in [1.807, 2.05) is 26.8 Å². The molecule has 0 saturated heterocycles. The van der Waals surface area contributed by atoms with Crippen LogP contribution in [0.2, 0.25) is 0 Å². The van der Waals surface area contributed by atoms with Crippen molar-refractivity contribution in [2.24, 2.45) is 23.7 Å². The van der Waals surface area contributed by atoms with Crippen LogP contribution in [-0.2, 0) is 21.2 Å². The molecule has 3 fully saturated rings. The van der Waals surface area contributed by atoms with E-state index in [0.717, 1.165) is 48.1 Å². The summed E-state index contributed by atoms with van der Waals surface area (Å²) < 4.78 is 28.6. The minimum absolute atomic E-state index is 0.0450. The second-order valence-electron chi connectivity index (χ2n) is 11.3. The van der Waals surface area contributed by atoms with Gasteiger partial charge in [-0.15, -0.1) is 0 Å². The van der Waals surface area contributed by atoms with Gasteiger partial charge in [-0.2, -0.15) is 0 Å². The van der Waals surface area contributed by atoms with E-state index in [1.54, 1.807) is 42.9 Å². The minimum Gasteiger partial charge on any atom is -0.481 e. The Kier molecular flexibility index (Phi) is 6.29. The van der Waals surface area contributed by atoms with Gasteiger partial charge >= 0.3 is 5.97 Å². The number of fused-ring (bicyclic) bond motifs is 4. The Bertz CT molecular complexity index is 1690. The normalized spacial score (nSPS) is 22.8. The summed E-state index contributed by atoms with van der Waals surface area (Å²) in [6.45, 7) is 5.77. The zero-order valence-corrected chi connectivity index (χ0v) is 23.1. The molecule has 3 aliphatic carbocycles. The van der Waals surface area contributed by atoms with E-state index in [1.165, 1.54) is 3.97 Å². The van der Waals surface area contributed by atoms with Crippen molar-refractivity contribution in [3.63, 3.8) is 0 Å². The molecule has 0 amide bonds. The zero-order chi connectivity index (χ0) is 27.5. The largest absolute Gasteiger partial charge is 0.481 e. The molecule has 1 unspecified atom stereocenters. The van der Waals surface area contributed by atoms with Crippen molar-refractivity contribution in [3.05, 3.63) is 71.3 Å². The number of aliphatic carboxylic acids is 1. The van der Waals surface area contributed by atoms with Crippen LogP contribution in [0.1, 0.15) is 48.1 Å². The van der Waals surface area contributed by atoms with E-state index in [2.05, 4.69) is 9.97 Å². The first-order valence-electron chi connectivity index (χ1n) is 13.5. The Balaban J connectivity index is 1.44. The maximum absolute atomic E-state index is 13.7. The molecule has 2 atom stereocenters. The molecule has 4 aromatic rings. The Morgan fingerprint density at radius 1 is 0.974 bits per heavy atom. The molecule has 3 heterocycles. The summed E-state index contributed by atoms with van der Waals surface area (Å²) in [6, 6.07) is 8.65. The van der Waals surface area contributed by atoms with Gasteiger partial charge in [0.1, 0.15) is 0 Å². The molecule has 3 aromatic heterocycles. The van der Waals surface area contributed by atoms with E-state index < -0.39 is 16.0 Å². The first kappa shape index (κ1) is 25.7. The number of aromatic nitrogens is 4. The van der Waals surface area contributed by atoms with Gasteiger partial charge in [0.05, 0.1) is 10.8 Å². The van der Waals surface area contributed by atoms with Crippen LogP contribution < -0.4 is 0 Å². The summed E-state index contributed by atoms with van der Waals surface area (Å²) in [5.74, 6) is 0.0405. The molecule has 202 valence electrons. The smallest absolute Gasteiger partial charge is 0.307 e. The third-order valence-corrected chi connectivity index (χ3v) is 10.4. The standard InChI is InChI=1S/C30H32N4O4S/c1-17-4-10-22(11-5-17)39(37,38)34-16-25(24-12-18(2)14-32-29(24)34)28-31-15-19(3)26(33-28)13-23-20-6-8-21(9-7-20)27(23)30(35)36/h4-5,10-12,14-16,20-21,23,27H,6-9,13H2,1-3H3,(H,35,36)/t20?,21?,23?,27-/m0/s1. The van der Waals surface area contributed by atoms with Crippen molar-refractivity contribution in [2.45, 2.75) is 57.8 Å². The molecule has 9 heteroatoms. The lowest BCUT2D eigenvalue weighted by atomic mass is 9.57. The van der Waals surface area contributed by atoms with Crippen LogP contribution in [0, 0.1) is 44.4 Å². The monoisotopic (exact) mass is 544 g/mol. The number of nitrogens with zero attached hydrogens (tertiary/aromatic N) is 4. The molecule has 2 bridgehead atoms. The lowest BCUT2D eigenvalue weighted by Crippen LogP contribution is -2.45. The molecule has 3 saturated carbocycles. The lowest BCUT2D eigenvalue weighted by Gasteiger charge is -2.47. The second kappa shape index (κ2) is 9.55. The number of pyridine rings is 1. The van der Waals surface area contributed by atoms with E-state index in [0.29, 0.717) is 34.8 Å². The van der Waals surface area contributed by atoms with Crippen LogP contribution in [0.15, 0.2) is 53.8 Å². The quantitative estimate of drug-likeness (QED) is 0.349. The maximum atomic E-state index is 13.7. The zero-order valence-electron chi connectivity index (χ0n) is 22.3. The molecule has 0 aliphatic heterocycles. The molecule has 0 radical (unpaired) electrons. The summed E-state index contributed by atoms with van der Waals surface area (Å²) in [5, 5.41) is 10.7. The number of rotatable bonds is 6. The van der Waals surface area contributed by atoms with Crippen molar-refractivity contribution < 1.29 is 18.3 Å². The fourth-order valence-corrected chi connectivity index (χ4v) is 7.98. The Morgan fingerprint density at radius 3 is 2.36 bits per heavy atom. The van der Waals surface area contributed by atoms with E-state index in [9.17, 15) is 18.3 Å². The van der Waals surface area contributed by atoms with Gasteiger partial charge in [0.2, 0.25) is 0 Å². The summed E-state index contributed by atoms with van der Waals surface area (Å²) in [6.07, 6.45) is 9.69. The molecule has 3 aliphatic rings. The van der Waals surface area contributed by atoms with Gasteiger partial charge in [0.25, 0.3) is 10.0 Å². The number of hydrogen-bond donors (Lipinski definition) is 1. The van der Waals surface area contributed by atoms with E-state index in [-0.39, 0.29) is 22.6 Å². The predicted octanol–water partition coefficient (Wildman–Crippen LogP) is 5.34. The first-order chi connectivity index (χ1) is 18.6. The average Bonchev–Trinajstić information content (AvgIpc) is 3.30. The van der Waals surface area contributed by atoms with Crippen molar-refractivity contribution in [1.29, 1.82) is 0 Å². The first-order valence-corrected chi connectivity index (χ1v) is 14.9. The third kappa shape index (κ3) is 4.42. The SMILES string of the molecule is Cc1ccc(S(=O)(=O)n2cc(-c3ncc(C)c(CC4C5CCC(CC5)[C@@H]4C(=O)O)n3)c3cc(C)cnc32)cc1. The van der Waals surface area contributed by atoms with Crippen LogP contribution in [0.5, 0.6) is 0 Å².